The molecule has 0 spiro atoms. The average Bonchev–Trinajstić information content (AvgIpc) is 2.08. The second-order valence-electron chi connectivity index (χ2n) is 2.37. The summed E-state index contributed by atoms with van der Waals surface area (Å²) < 4.78 is 4.56. The van der Waals surface area contributed by atoms with Crippen LogP contribution in [0.1, 0.15) is 5.56 Å². The maximum atomic E-state index is 8.76. The van der Waals surface area contributed by atoms with E-state index in [1.165, 1.54) is 12.1 Å². The summed E-state index contributed by atoms with van der Waals surface area (Å²) in [5, 5.41) is 26.0. The van der Waals surface area contributed by atoms with Crippen molar-refractivity contribution in [1.82, 2.24) is 0 Å². The minimum atomic E-state index is -1.91. The fourth-order valence-corrected chi connectivity index (χ4v) is 1.01. The Bertz CT molecular complexity index is 292. The first-order chi connectivity index (χ1) is 6.13. The van der Waals surface area contributed by atoms with Gasteiger partial charge in [-0.15, -0.1) is 0 Å². The number of hydrogen-bond acceptors (Lipinski definition) is 4. The smallest absolute Gasteiger partial charge is 0.511 e. The maximum Gasteiger partial charge on any atom is 0.707 e. The summed E-state index contributed by atoms with van der Waals surface area (Å²) in [7, 11) is -1.91. The molecule has 13 heavy (non-hydrogen) atoms. The van der Waals surface area contributed by atoms with Gasteiger partial charge in [0.2, 0.25) is 0 Å². The molecule has 70 valence electrons. The Balaban J connectivity index is 2.90. The molecule has 1 rings (SSSR count). The molecule has 0 aliphatic carbocycles. The lowest BCUT2D eigenvalue weighted by molar-refractivity contribution is 0.277. The molecular weight excluding hydrogens is 194 g/mol. The van der Waals surface area contributed by atoms with Crippen LogP contribution < -0.4 is 4.65 Å². The van der Waals surface area contributed by atoms with Crippen LogP contribution in [0.25, 0.3) is 0 Å². The molecule has 1 aromatic rings. The second-order valence-corrected chi connectivity index (χ2v) is 2.77. The molecule has 3 N–H and O–H groups in total. The largest absolute Gasteiger partial charge is 0.707 e. The van der Waals surface area contributed by atoms with E-state index in [4.69, 9.17) is 26.8 Å². The summed E-state index contributed by atoms with van der Waals surface area (Å²) in [6, 6.07) is 4.55. The topological polar surface area (TPSA) is 69.9 Å². The highest BCUT2D eigenvalue weighted by Crippen LogP contribution is 2.25. The Morgan fingerprint density at radius 2 is 2.08 bits per heavy atom. The van der Waals surface area contributed by atoms with Gasteiger partial charge < -0.3 is 19.8 Å². The number of aliphatic hydroxyl groups is 1. The Morgan fingerprint density at radius 3 is 2.62 bits per heavy atom. The van der Waals surface area contributed by atoms with E-state index in [1.54, 1.807) is 6.07 Å². The zero-order valence-electron chi connectivity index (χ0n) is 6.64. The van der Waals surface area contributed by atoms with Crippen molar-refractivity contribution >= 4 is 18.9 Å². The van der Waals surface area contributed by atoms with Crippen LogP contribution in [0.4, 0.5) is 0 Å². The summed E-state index contributed by atoms with van der Waals surface area (Å²) in [5.74, 6) is 0.128. The van der Waals surface area contributed by atoms with Crippen molar-refractivity contribution in [3.05, 3.63) is 28.8 Å². The first kappa shape index (κ1) is 10.3. The fraction of sp³-hybridized carbons (Fsp3) is 0.143. The Kier molecular flexibility index (Phi) is 3.56. The second kappa shape index (κ2) is 4.48. The normalized spacial score (nSPS) is 9.85. The zero-order chi connectivity index (χ0) is 9.84. The van der Waals surface area contributed by atoms with E-state index in [2.05, 4.69) is 4.65 Å². The Hall–Kier alpha value is -0.745. The summed E-state index contributed by atoms with van der Waals surface area (Å²) in [4.78, 5) is 0. The monoisotopic (exact) mass is 202 g/mol. The lowest BCUT2D eigenvalue weighted by atomic mass is 10.2. The molecule has 0 atom stereocenters. The van der Waals surface area contributed by atoms with Crippen molar-refractivity contribution in [2.75, 3.05) is 0 Å². The van der Waals surface area contributed by atoms with Crippen molar-refractivity contribution in [3.8, 4) is 5.75 Å². The third-order valence-corrected chi connectivity index (χ3v) is 1.72. The van der Waals surface area contributed by atoms with Crippen LogP contribution in [0, 0.1) is 0 Å². The molecule has 6 heteroatoms. The summed E-state index contributed by atoms with van der Waals surface area (Å²) in [6.45, 7) is -0.158. The van der Waals surface area contributed by atoms with Gasteiger partial charge in [-0.1, -0.05) is 17.7 Å². The predicted molar refractivity (Wildman–Crippen MR) is 48.2 cm³/mol. The SMILES string of the molecule is OCc1ccc(Cl)c(OB(O)O)c1. The van der Waals surface area contributed by atoms with Crippen LogP contribution in [0.5, 0.6) is 5.75 Å². The van der Waals surface area contributed by atoms with Gasteiger partial charge >= 0.3 is 7.32 Å². The van der Waals surface area contributed by atoms with Crippen molar-refractivity contribution in [3.63, 3.8) is 0 Å². The Labute approximate surface area is 80.5 Å². The molecule has 0 aliphatic rings. The third-order valence-electron chi connectivity index (χ3n) is 1.41. The fourth-order valence-electron chi connectivity index (χ4n) is 0.850. The molecular formula is C7H8BClO4. The average molecular weight is 202 g/mol. The first-order valence-electron chi connectivity index (χ1n) is 3.55. The van der Waals surface area contributed by atoms with Crippen LogP contribution in [0.2, 0.25) is 5.02 Å². The highest BCUT2D eigenvalue weighted by molar-refractivity contribution is 6.36. The quantitative estimate of drug-likeness (QED) is 0.612. The van der Waals surface area contributed by atoms with E-state index >= 15 is 0 Å². The predicted octanol–water partition coefficient (Wildman–Crippen LogP) is 0.181. The minimum absolute atomic E-state index is 0.128. The number of halogens is 1. The molecule has 0 amide bonds. The van der Waals surface area contributed by atoms with Gasteiger partial charge in [0.05, 0.1) is 11.6 Å². The first-order valence-corrected chi connectivity index (χ1v) is 3.93. The van der Waals surface area contributed by atoms with E-state index in [9.17, 15) is 0 Å². The molecule has 1 aromatic carbocycles. The van der Waals surface area contributed by atoms with Gasteiger partial charge in [0.25, 0.3) is 0 Å². The van der Waals surface area contributed by atoms with E-state index in [0.717, 1.165) is 0 Å². The Morgan fingerprint density at radius 1 is 1.38 bits per heavy atom. The highest BCUT2D eigenvalue weighted by atomic mass is 35.5. The van der Waals surface area contributed by atoms with Gasteiger partial charge in [0.1, 0.15) is 5.75 Å². The number of hydrogen-bond donors (Lipinski definition) is 3. The molecule has 0 heterocycles. The van der Waals surface area contributed by atoms with Gasteiger partial charge in [0.15, 0.2) is 0 Å². The van der Waals surface area contributed by atoms with E-state index < -0.39 is 7.32 Å². The third kappa shape index (κ3) is 2.89. The standard InChI is InChI=1S/C7H8BClO4/c9-6-2-1-5(4-10)3-7(6)13-8(11)12/h1-3,10-12H,4H2. The van der Waals surface area contributed by atoms with Crippen LogP contribution in [0.3, 0.4) is 0 Å². The van der Waals surface area contributed by atoms with Gasteiger partial charge in [-0.2, -0.15) is 0 Å². The highest BCUT2D eigenvalue weighted by Gasteiger charge is 2.13. The lowest BCUT2D eigenvalue weighted by Crippen LogP contribution is -2.20. The van der Waals surface area contributed by atoms with Crippen LogP contribution in [-0.4, -0.2) is 22.5 Å². The van der Waals surface area contributed by atoms with Crippen LogP contribution in [0.15, 0.2) is 18.2 Å². The zero-order valence-corrected chi connectivity index (χ0v) is 7.40. The molecule has 0 unspecified atom stereocenters. The molecule has 0 fully saturated rings. The molecule has 4 nitrogen and oxygen atoms in total. The van der Waals surface area contributed by atoms with Gasteiger partial charge in [-0.05, 0) is 17.7 Å². The maximum absolute atomic E-state index is 8.76. The van der Waals surface area contributed by atoms with Gasteiger partial charge in [-0.3, -0.25) is 0 Å². The number of aliphatic hydroxyl groups excluding tert-OH is 1. The van der Waals surface area contributed by atoms with Gasteiger partial charge in [-0.25, -0.2) is 0 Å². The van der Waals surface area contributed by atoms with Crippen molar-refractivity contribution in [1.29, 1.82) is 0 Å². The lowest BCUT2D eigenvalue weighted by Gasteiger charge is -2.07. The van der Waals surface area contributed by atoms with Crippen molar-refractivity contribution in [2.24, 2.45) is 0 Å². The van der Waals surface area contributed by atoms with E-state index in [0.29, 0.717) is 5.56 Å². The van der Waals surface area contributed by atoms with Crippen molar-refractivity contribution < 1.29 is 19.8 Å². The van der Waals surface area contributed by atoms with E-state index in [-0.39, 0.29) is 17.4 Å². The van der Waals surface area contributed by atoms with Crippen molar-refractivity contribution in [2.45, 2.75) is 6.61 Å². The molecule has 0 saturated carbocycles. The molecule has 0 aromatic heterocycles. The summed E-state index contributed by atoms with van der Waals surface area (Å²) >= 11 is 5.67. The summed E-state index contributed by atoms with van der Waals surface area (Å²) in [5.41, 5.74) is 0.583. The molecule has 0 saturated heterocycles. The van der Waals surface area contributed by atoms with Crippen LogP contribution >= 0.6 is 11.6 Å². The molecule has 0 bridgehead atoms. The minimum Gasteiger partial charge on any atom is -0.511 e. The number of benzene rings is 1. The molecule has 0 aliphatic heterocycles. The summed E-state index contributed by atoms with van der Waals surface area (Å²) in [6.07, 6.45) is 0. The number of rotatable bonds is 3. The van der Waals surface area contributed by atoms with Crippen LogP contribution in [-0.2, 0) is 6.61 Å². The van der Waals surface area contributed by atoms with E-state index in [1.807, 2.05) is 0 Å². The molecule has 0 radical (unpaired) electrons. The van der Waals surface area contributed by atoms with Gasteiger partial charge in [0, 0.05) is 0 Å².